The summed E-state index contributed by atoms with van der Waals surface area (Å²) in [4.78, 5) is 14.7. The summed E-state index contributed by atoms with van der Waals surface area (Å²) in [7, 11) is 0. The quantitative estimate of drug-likeness (QED) is 0.829. The Morgan fingerprint density at radius 2 is 2.00 bits per heavy atom. The van der Waals surface area contributed by atoms with Gasteiger partial charge in [0.2, 0.25) is 0 Å². The van der Waals surface area contributed by atoms with Crippen molar-refractivity contribution in [2.75, 3.05) is 31.1 Å². The van der Waals surface area contributed by atoms with Crippen molar-refractivity contribution in [1.82, 2.24) is 14.9 Å². The van der Waals surface area contributed by atoms with Crippen LogP contribution in [0.1, 0.15) is 56.8 Å². The van der Waals surface area contributed by atoms with Gasteiger partial charge in [-0.1, -0.05) is 19.8 Å². The molecule has 4 aliphatic rings. The van der Waals surface area contributed by atoms with Crippen LogP contribution < -0.4 is 4.90 Å². The molecule has 0 unspecified atom stereocenters. The summed E-state index contributed by atoms with van der Waals surface area (Å²) in [6, 6.07) is 0.731. The molecular formula is C20H32N4. The van der Waals surface area contributed by atoms with Gasteiger partial charge in [-0.05, 0) is 50.9 Å². The lowest BCUT2D eigenvalue weighted by molar-refractivity contribution is 0.0917. The van der Waals surface area contributed by atoms with E-state index in [0.29, 0.717) is 0 Å². The number of piperidine rings is 1. The van der Waals surface area contributed by atoms with Crippen LogP contribution in [0.5, 0.6) is 0 Å². The zero-order valence-corrected chi connectivity index (χ0v) is 15.4. The summed E-state index contributed by atoms with van der Waals surface area (Å²) in [5.74, 6) is 3.93. The summed E-state index contributed by atoms with van der Waals surface area (Å²) in [6.45, 7) is 9.27. The van der Waals surface area contributed by atoms with Crippen molar-refractivity contribution in [3.05, 3.63) is 17.6 Å². The van der Waals surface area contributed by atoms with E-state index in [2.05, 4.69) is 27.9 Å². The van der Waals surface area contributed by atoms with Crippen molar-refractivity contribution < 1.29 is 0 Å². The van der Waals surface area contributed by atoms with E-state index in [1.807, 2.05) is 6.92 Å². The van der Waals surface area contributed by atoms with Crippen LogP contribution in [-0.2, 0) is 6.42 Å². The molecule has 2 bridgehead atoms. The minimum Gasteiger partial charge on any atom is -0.354 e. The summed E-state index contributed by atoms with van der Waals surface area (Å²) < 4.78 is 0. The van der Waals surface area contributed by atoms with E-state index in [0.717, 1.165) is 43.1 Å². The number of aromatic nitrogens is 2. The van der Waals surface area contributed by atoms with Crippen molar-refractivity contribution in [3.8, 4) is 0 Å². The molecule has 4 heterocycles. The highest BCUT2D eigenvalue weighted by Crippen LogP contribution is 2.34. The van der Waals surface area contributed by atoms with Crippen LogP contribution in [-0.4, -0.2) is 47.1 Å². The molecule has 0 amide bonds. The molecule has 0 aromatic carbocycles. The van der Waals surface area contributed by atoms with Gasteiger partial charge < -0.3 is 4.90 Å². The Hall–Kier alpha value is -1.16. The first-order valence-electron chi connectivity index (χ1n) is 10.0. The van der Waals surface area contributed by atoms with Crippen molar-refractivity contribution in [3.63, 3.8) is 0 Å². The highest BCUT2D eigenvalue weighted by atomic mass is 15.3. The average Bonchev–Trinajstić information content (AvgIpc) is 2.84. The summed E-state index contributed by atoms with van der Waals surface area (Å²) in [5.41, 5.74) is 1.34. The number of hydrogen-bond donors (Lipinski definition) is 0. The second-order valence-electron chi connectivity index (χ2n) is 8.27. The molecule has 3 saturated heterocycles. The zero-order valence-electron chi connectivity index (χ0n) is 15.4. The third-order valence-corrected chi connectivity index (χ3v) is 6.33. The van der Waals surface area contributed by atoms with Crippen molar-refractivity contribution in [2.45, 2.75) is 64.8 Å². The monoisotopic (exact) mass is 328 g/mol. The maximum absolute atomic E-state index is 4.86. The normalized spacial score (nSPS) is 28.0. The number of aryl methyl sites for hydroxylation is 2. The molecule has 4 heteroatoms. The van der Waals surface area contributed by atoms with Gasteiger partial charge in [0.15, 0.2) is 0 Å². The first-order valence-corrected chi connectivity index (χ1v) is 10.0. The van der Waals surface area contributed by atoms with Gasteiger partial charge in [0, 0.05) is 44.0 Å². The Morgan fingerprint density at radius 3 is 2.75 bits per heavy atom. The highest BCUT2D eigenvalue weighted by molar-refractivity contribution is 5.47. The van der Waals surface area contributed by atoms with Crippen LogP contribution in [0, 0.1) is 18.8 Å². The lowest BCUT2D eigenvalue weighted by atomic mass is 9.83. The molecule has 4 fully saturated rings. The van der Waals surface area contributed by atoms with E-state index in [1.54, 1.807) is 0 Å². The Morgan fingerprint density at radius 1 is 1.12 bits per heavy atom. The molecule has 0 N–H and O–H groups in total. The minimum absolute atomic E-state index is 0.731. The van der Waals surface area contributed by atoms with Crippen LogP contribution in [0.4, 0.5) is 5.82 Å². The standard InChI is InChI=1S/C20H32N4/c1-3-5-18-10-21-15(2)22-20(18)24-13-17-8-9-19(14-24)23(12-17)11-16-6-4-7-16/h10,16-17,19H,3-9,11-14H2,1-2H3/t17-,19-/m0/s1. The van der Waals surface area contributed by atoms with Crippen LogP contribution in [0.2, 0.25) is 0 Å². The zero-order chi connectivity index (χ0) is 16.5. The van der Waals surface area contributed by atoms with Crippen molar-refractivity contribution >= 4 is 5.82 Å². The van der Waals surface area contributed by atoms with E-state index in [-0.39, 0.29) is 0 Å². The first-order chi connectivity index (χ1) is 11.7. The third-order valence-electron chi connectivity index (χ3n) is 6.33. The largest absolute Gasteiger partial charge is 0.354 e. The predicted octanol–water partition coefficient (Wildman–Crippen LogP) is 3.44. The van der Waals surface area contributed by atoms with Crippen LogP contribution in [0.15, 0.2) is 6.20 Å². The summed E-state index contributed by atoms with van der Waals surface area (Å²) >= 11 is 0. The van der Waals surface area contributed by atoms with Crippen LogP contribution in [0.3, 0.4) is 0 Å². The maximum Gasteiger partial charge on any atom is 0.135 e. The number of anilines is 1. The fraction of sp³-hybridized carbons (Fsp3) is 0.800. The van der Waals surface area contributed by atoms with E-state index in [9.17, 15) is 0 Å². The van der Waals surface area contributed by atoms with E-state index >= 15 is 0 Å². The van der Waals surface area contributed by atoms with Gasteiger partial charge in [-0.2, -0.15) is 0 Å². The molecule has 1 aromatic rings. The van der Waals surface area contributed by atoms with Crippen molar-refractivity contribution in [2.24, 2.45) is 11.8 Å². The molecule has 24 heavy (non-hydrogen) atoms. The summed E-state index contributed by atoms with van der Waals surface area (Å²) in [5, 5.41) is 0. The second-order valence-corrected chi connectivity index (χ2v) is 8.27. The lowest BCUT2D eigenvalue weighted by Gasteiger charge is -2.40. The smallest absolute Gasteiger partial charge is 0.135 e. The Balaban J connectivity index is 1.54. The molecule has 2 atom stereocenters. The fourth-order valence-corrected chi connectivity index (χ4v) is 4.79. The molecule has 4 nitrogen and oxygen atoms in total. The molecule has 1 aliphatic carbocycles. The van der Waals surface area contributed by atoms with Gasteiger partial charge in [0.05, 0.1) is 0 Å². The average molecular weight is 329 g/mol. The predicted molar refractivity (Wildman–Crippen MR) is 98.4 cm³/mol. The maximum atomic E-state index is 4.86. The number of hydrogen-bond acceptors (Lipinski definition) is 4. The number of fused-ring (bicyclic) bond motifs is 4. The molecule has 1 saturated carbocycles. The van der Waals surface area contributed by atoms with Gasteiger partial charge in [0.1, 0.15) is 11.6 Å². The third kappa shape index (κ3) is 3.30. The van der Waals surface area contributed by atoms with E-state index < -0.39 is 0 Å². The Bertz CT molecular complexity index is 569. The lowest BCUT2D eigenvalue weighted by Crippen LogP contribution is -2.47. The van der Waals surface area contributed by atoms with Gasteiger partial charge in [0.25, 0.3) is 0 Å². The second kappa shape index (κ2) is 6.99. The van der Waals surface area contributed by atoms with Crippen LogP contribution >= 0.6 is 0 Å². The first kappa shape index (κ1) is 16.3. The van der Waals surface area contributed by atoms with E-state index in [4.69, 9.17) is 4.98 Å². The van der Waals surface area contributed by atoms with Gasteiger partial charge in [-0.15, -0.1) is 0 Å². The SMILES string of the molecule is CCCc1cnc(C)nc1N1C[C@H]2CC[C@@H](C1)N(CC1CCC1)C2. The van der Waals surface area contributed by atoms with Crippen molar-refractivity contribution in [1.29, 1.82) is 0 Å². The molecule has 1 aromatic heterocycles. The summed E-state index contributed by atoms with van der Waals surface area (Å²) in [6.07, 6.45) is 11.5. The topological polar surface area (TPSA) is 32.3 Å². The van der Waals surface area contributed by atoms with Crippen LogP contribution in [0.25, 0.3) is 0 Å². The molecular weight excluding hydrogens is 296 g/mol. The Labute approximate surface area is 146 Å². The minimum atomic E-state index is 0.731. The van der Waals surface area contributed by atoms with Gasteiger partial charge in [-0.3, -0.25) is 4.90 Å². The van der Waals surface area contributed by atoms with E-state index in [1.165, 1.54) is 63.1 Å². The number of nitrogens with zero attached hydrogens (tertiary/aromatic N) is 4. The molecule has 132 valence electrons. The molecule has 3 aliphatic heterocycles. The molecule has 0 radical (unpaired) electrons. The Kier molecular flexibility index (Phi) is 4.75. The molecule has 0 spiro atoms. The van der Waals surface area contributed by atoms with Gasteiger partial charge in [-0.25, -0.2) is 9.97 Å². The fourth-order valence-electron chi connectivity index (χ4n) is 4.79. The highest BCUT2D eigenvalue weighted by Gasteiger charge is 2.37. The molecule has 5 rings (SSSR count). The van der Waals surface area contributed by atoms with Gasteiger partial charge >= 0.3 is 0 Å². The number of rotatable bonds is 5.